The fourth-order valence-corrected chi connectivity index (χ4v) is 8.25. The van der Waals surface area contributed by atoms with Crippen LogP contribution in [0.1, 0.15) is 106 Å². The highest BCUT2D eigenvalue weighted by atomic mass is 16.1. The molecule has 0 radical (unpaired) electrons. The van der Waals surface area contributed by atoms with E-state index >= 15 is 0 Å². The minimum Gasteiger partial charge on any atom is -0.299 e. The van der Waals surface area contributed by atoms with E-state index in [1.165, 1.54) is 44.1 Å². The van der Waals surface area contributed by atoms with Crippen LogP contribution in [-0.4, -0.2) is 5.78 Å². The summed E-state index contributed by atoms with van der Waals surface area (Å²) in [6.45, 7) is 20.9. The fraction of sp³-hybridized carbons (Fsp3) is 0.767. The van der Waals surface area contributed by atoms with E-state index in [-0.39, 0.29) is 16.2 Å². The molecule has 0 bridgehead atoms. The molecule has 0 aromatic heterocycles. The zero-order chi connectivity index (χ0) is 22.8. The van der Waals surface area contributed by atoms with Gasteiger partial charge in [0.15, 0.2) is 0 Å². The van der Waals surface area contributed by atoms with Gasteiger partial charge in [-0.1, -0.05) is 72.8 Å². The van der Waals surface area contributed by atoms with Gasteiger partial charge >= 0.3 is 0 Å². The van der Waals surface area contributed by atoms with Gasteiger partial charge in [0.05, 0.1) is 0 Å². The molecule has 0 aliphatic heterocycles. The molecule has 4 aliphatic rings. The standard InChI is InChI=1S/C30H46O/c1-20(2)21(3)10-9-11-22-14-18-30(8)24-12-13-25-27(4,5)26(31)16-17-28(25,6)23(24)15-19-29(22,30)7/h12,15,20,22,25H,3,9-11,13-14,16-19H2,1-2,4-8H3/t22-,25?,28+,29+,30-/m0/s1. The van der Waals surface area contributed by atoms with Crippen LogP contribution in [0.15, 0.2) is 35.5 Å². The molecule has 5 atom stereocenters. The maximum atomic E-state index is 12.8. The zero-order valence-electron chi connectivity index (χ0n) is 21.4. The number of hydrogen-bond donors (Lipinski definition) is 0. The highest BCUT2D eigenvalue weighted by molar-refractivity contribution is 5.86. The van der Waals surface area contributed by atoms with E-state index in [1.807, 2.05) is 0 Å². The Hall–Kier alpha value is -1.11. The Bertz CT molecular complexity index is 838. The van der Waals surface area contributed by atoms with Crippen molar-refractivity contribution in [3.05, 3.63) is 35.5 Å². The number of Topliss-reactive ketones (excluding diaryl/α,β-unsaturated/α-hetero) is 1. The van der Waals surface area contributed by atoms with Gasteiger partial charge < -0.3 is 0 Å². The summed E-state index contributed by atoms with van der Waals surface area (Å²) in [5.74, 6) is 2.34. The first kappa shape index (κ1) is 23.1. The van der Waals surface area contributed by atoms with E-state index in [0.29, 0.717) is 23.0 Å². The van der Waals surface area contributed by atoms with Gasteiger partial charge in [-0.25, -0.2) is 0 Å². The Morgan fingerprint density at radius 2 is 1.81 bits per heavy atom. The average Bonchev–Trinajstić information content (AvgIpc) is 2.96. The third-order valence-corrected chi connectivity index (χ3v) is 11.0. The van der Waals surface area contributed by atoms with Gasteiger partial charge in [-0.15, -0.1) is 0 Å². The van der Waals surface area contributed by atoms with Gasteiger partial charge in [0, 0.05) is 11.8 Å². The maximum absolute atomic E-state index is 12.8. The van der Waals surface area contributed by atoms with Crippen LogP contribution in [0.2, 0.25) is 0 Å². The lowest BCUT2D eigenvalue weighted by molar-refractivity contribution is -0.138. The van der Waals surface area contributed by atoms with Gasteiger partial charge in [-0.2, -0.15) is 0 Å². The summed E-state index contributed by atoms with van der Waals surface area (Å²) in [7, 11) is 0. The van der Waals surface area contributed by atoms with Crippen molar-refractivity contribution in [1.82, 2.24) is 0 Å². The summed E-state index contributed by atoms with van der Waals surface area (Å²) in [6, 6.07) is 0. The Morgan fingerprint density at radius 3 is 2.48 bits per heavy atom. The molecule has 0 aromatic carbocycles. The lowest BCUT2D eigenvalue weighted by Gasteiger charge is -2.59. The van der Waals surface area contributed by atoms with Gasteiger partial charge in [0.25, 0.3) is 0 Å². The van der Waals surface area contributed by atoms with Crippen LogP contribution >= 0.6 is 0 Å². The highest BCUT2D eigenvalue weighted by Crippen LogP contribution is 2.71. The molecule has 4 aliphatic carbocycles. The van der Waals surface area contributed by atoms with Crippen LogP contribution in [0.4, 0.5) is 0 Å². The van der Waals surface area contributed by atoms with Gasteiger partial charge in [-0.05, 0) is 96.5 Å². The minimum atomic E-state index is -0.200. The molecule has 172 valence electrons. The Morgan fingerprint density at radius 1 is 1.10 bits per heavy atom. The molecule has 0 spiro atoms. The highest BCUT2D eigenvalue weighted by Gasteiger charge is 2.62. The first-order valence-corrected chi connectivity index (χ1v) is 13.0. The third-order valence-electron chi connectivity index (χ3n) is 11.0. The van der Waals surface area contributed by atoms with E-state index in [1.54, 1.807) is 11.1 Å². The van der Waals surface area contributed by atoms with Crippen molar-refractivity contribution in [3.63, 3.8) is 0 Å². The van der Waals surface area contributed by atoms with E-state index in [0.717, 1.165) is 25.2 Å². The quantitative estimate of drug-likeness (QED) is 0.406. The average molecular weight is 423 g/mol. The number of hydrogen-bond acceptors (Lipinski definition) is 1. The predicted molar refractivity (Wildman–Crippen MR) is 132 cm³/mol. The van der Waals surface area contributed by atoms with Crippen molar-refractivity contribution < 1.29 is 4.79 Å². The second-order valence-corrected chi connectivity index (χ2v) is 13.0. The second-order valence-electron chi connectivity index (χ2n) is 13.0. The summed E-state index contributed by atoms with van der Waals surface area (Å²) >= 11 is 0. The lowest BCUT2D eigenvalue weighted by atomic mass is 9.44. The summed E-state index contributed by atoms with van der Waals surface area (Å²) in [5.41, 5.74) is 5.33. The van der Waals surface area contributed by atoms with Gasteiger partial charge in [0.2, 0.25) is 0 Å². The Kier molecular flexibility index (Phi) is 5.55. The number of carbonyl (C=O) groups excluding carboxylic acids is 1. The Labute approximate surface area is 191 Å². The first-order valence-electron chi connectivity index (χ1n) is 13.0. The molecular weight excluding hydrogens is 376 g/mol. The maximum Gasteiger partial charge on any atom is 0.138 e. The number of ketones is 1. The fourth-order valence-electron chi connectivity index (χ4n) is 8.25. The molecule has 0 N–H and O–H groups in total. The summed E-state index contributed by atoms with van der Waals surface area (Å²) < 4.78 is 0. The van der Waals surface area contributed by atoms with Crippen molar-refractivity contribution in [2.75, 3.05) is 0 Å². The number of carbonyl (C=O) groups is 1. The van der Waals surface area contributed by atoms with Crippen molar-refractivity contribution in [1.29, 1.82) is 0 Å². The second kappa shape index (κ2) is 7.46. The number of rotatable bonds is 5. The molecule has 0 amide bonds. The van der Waals surface area contributed by atoms with E-state index in [9.17, 15) is 4.79 Å². The van der Waals surface area contributed by atoms with Crippen molar-refractivity contribution in [2.45, 2.75) is 106 Å². The predicted octanol–water partition coefficient (Wildman–Crippen LogP) is 8.46. The Balaban J connectivity index is 1.61. The lowest BCUT2D eigenvalue weighted by Crippen LogP contribution is -2.53. The summed E-state index contributed by atoms with van der Waals surface area (Å²) in [5, 5.41) is 0. The molecule has 1 unspecified atom stereocenters. The molecule has 0 heterocycles. The van der Waals surface area contributed by atoms with E-state index in [2.05, 4.69) is 67.2 Å². The molecule has 1 heteroatoms. The zero-order valence-corrected chi connectivity index (χ0v) is 21.4. The third kappa shape index (κ3) is 3.19. The van der Waals surface area contributed by atoms with E-state index < -0.39 is 0 Å². The molecule has 1 nitrogen and oxygen atoms in total. The molecule has 0 saturated heterocycles. The number of fused-ring (bicyclic) bond motifs is 5. The molecular formula is C30H46O. The molecule has 4 rings (SSSR count). The largest absolute Gasteiger partial charge is 0.299 e. The van der Waals surface area contributed by atoms with Gasteiger partial charge in [-0.3, -0.25) is 4.79 Å². The monoisotopic (exact) mass is 422 g/mol. The summed E-state index contributed by atoms with van der Waals surface area (Å²) in [4.78, 5) is 12.8. The van der Waals surface area contributed by atoms with Crippen LogP contribution in [0, 0.1) is 39.4 Å². The SMILES string of the molecule is C=C(CCC[C@H]1CC[C@@]2(C)C3=CCC4C(C)(C)C(=O)CC[C@]4(C)C3=CC[C@]12C)C(C)C. The van der Waals surface area contributed by atoms with E-state index in [4.69, 9.17) is 0 Å². The normalized spacial score (nSPS) is 41.2. The van der Waals surface area contributed by atoms with Crippen LogP contribution in [-0.2, 0) is 4.79 Å². The van der Waals surface area contributed by atoms with Crippen molar-refractivity contribution in [3.8, 4) is 0 Å². The van der Waals surface area contributed by atoms with Crippen LogP contribution in [0.25, 0.3) is 0 Å². The number of allylic oxidation sites excluding steroid dienone is 5. The topological polar surface area (TPSA) is 17.1 Å². The smallest absolute Gasteiger partial charge is 0.138 e. The molecule has 2 saturated carbocycles. The first-order chi connectivity index (χ1) is 14.4. The summed E-state index contributed by atoms with van der Waals surface area (Å²) in [6.07, 6.45) is 15.8. The molecule has 0 aromatic rings. The van der Waals surface area contributed by atoms with Crippen molar-refractivity contribution in [2.24, 2.45) is 39.4 Å². The van der Waals surface area contributed by atoms with Crippen molar-refractivity contribution >= 4 is 5.78 Å². The van der Waals surface area contributed by atoms with Crippen LogP contribution in [0.3, 0.4) is 0 Å². The molecule has 2 fully saturated rings. The van der Waals surface area contributed by atoms with Crippen LogP contribution in [0.5, 0.6) is 0 Å². The molecule has 31 heavy (non-hydrogen) atoms. The van der Waals surface area contributed by atoms with Crippen LogP contribution < -0.4 is 0 Å². The van der Waals surface area contributed by atoms with Gasteiger partial charge in [0.1, 0.15) is 5.78 Å². The minimum absolute atomic E-state index is 0.166.